The summed E-state index contributed by atoms with van der Waals surface area (Å²) in [5.74, 6) is 1.26. The van der Waals surface area contributed by atoms with Crippen molar-refractivity contribution >= 4 is 27.4 Å². The Bertz CT molecular complexity index is 508. The van der Waals surface area contributed by atoms with Crippen LogP contribution >= 0.6 is 11.3 Å². The molecule has 3 N–H and O–H groups in total. The maximum atomic E-state index is 9.03. The molecule has 0 aromatic carbocycles. The van der Waals surface area contributed by atoms with E-state index in [1.165, 1.54) is 0 Å². The molecule has 6 heteroatoms. The summed E-state index contributed by atoms with van der Waals surface area (Å²) in [5, 5.41) is 11.9. The molecule has 0 aliphatic carbocycles. The minimum absolute atomic E-state index is 0.150. The number of nitrogens with zero attached hydrogens (tertiary/aromatic N) is 3. The fourth-order valence-electron chi connectivity index (χ4n) is 1.92. The highest BCUT2D eigenvalue weighted by atomic mass is 32.1. The highest BCUT2D eigenvalue weighted by Crippen LogP contribution is 2.23. The minimum Gasteiger partial charge on any atom is -0.395 e. The molecule has 2 aromatic heterocycles. The van der Waals surface area contributed by atoms with E-state index < -0.39 is 0 Å². The molecule has 2 rings (SSSR count). The lowest BCUT2D eigenvalue weighted by Gasteiger charge is -2.19. The maximum Gasteiger partial charge on any atom is 0.146 e. The van der Waals surface area contributed by atoms with Gasteiger partial charge in [0, 0.05) is 6.54 Å². The third-order valence-electron chi connectivity index (χ3n) is 2.72. The van der Waals surface area contributed by atoms with Crippen LogP contribution in [0.4, 0.5) is 5.82 Å². The number of aromatic nitrogens is 2. The quantitative estimate of drug-likeness (QED) is 0.828. The Labute approximate surface area is 110 Å². The summed E-state index contributed by atoms with van der Waals surface area (Å²) in [6.07, 6.45) is 1.04. The van der Waals surface area contributed by atoms with Gasteiger partial charge in [0.05, 0.1) is 18.5 Å². The van der Waals surface area contributed by atoms with Crippen LogP contribution in [-0.2, 0) is 6.54 Å². The first-order valence-electron chi connectivity index (χ1n) is 6.07. The Hall–Kier alpha value is -1.24. The Morgan fingerprint density at radius 1 is 1.39 bits per heavy atom. The van der Waals surface area contributed by atoms with Gasteiger partial charge in [-0.25, -0.2) is 9.97 Å². The molecular weight excluding hydrogens is 248 g/mol. The van der Waals surface area contributed by atoms with Gasteiger partial charge in [0.2, 0.25) is 0 Å². The van der Waals surface area contributed by atoms with E-state index in [-0.39, 0.29) is 6.61 Å². The lowest BCUT2D eigenvalue weighted by atomic mass is 10.3. The smallest absolute Gasteiger partial charge is 0.146 e. The summed E-state index contributed by atoms with van der Waals surface area (Å²) in [5.41, 5.74) is 5.91. The summed E-state index contributed by atoms with van der Waals surface area (Å²) < 4.78 is 0. The Balaban J connectivity index is 2.19. The van der Waals surface area contributed by atoms with E-state index in [1.807, 2.05) is 11.4 Å². The Morgan fingerprint density at radius 2 is 2.22 bits per heavy atom. The molecule has 0 unspecified atom stereocenters. The number of anilines is 1. The lowest BCUT2D eigenvalue weighted by molar-refractivity contribution is 0.187. The van der Waals surface area contributed by atoms with Crippen molar-refractivity contribution in [3.8, 4) is 0 Å². The third-order valence-corrected chi connectivity index (χ3v) is 3.53. The van der Waals surface area contributed by atoms with Crippen molar-refractivity contribution in [2.45, 2.75) is 19.9 Å². The number of nitrogens with two attached hydrogens (primary N) is 1. The molecule has 0 atom stereocenters. The van der Waals surface area contributed by atoms with Gasteiger partial charge in [-0.2, -0.15) is 0 Å². The molecule has 0 spiro atoms. The van der Waals surface area contributed by atoms with Gasteiger partial charge >= 0.3 is 0 Å². The van der Waals surface area contributed by atoms with Gasteiger partial charge in [0.15, 0.2) is 0 Å². The average Bonchev–Trinajstić information content (AvgIpc) is 2.78. The van der Waals surface area contributed by atoms with Crippen LogP contribution in [0.25, 0.3) is 10.2 Å². The van der Waals surface area contributed by atoms with Crippen LogP contribution in [0.2, 0.25) is 0 Å². The number of hydrogen-bond acceptors (Lipinski definition) is 6. The van der Waals surface area contributed by atoms with E-state index in [0.717, 1.165) is 29.0 Å². The summed E-state index contributed by atoms with van der Waals surface area (Å²) >= 11 is 1.57. The molecule has 0 saturated carbocycles. The fourth-order valence-corrected chi connectivity index (χ4v) is 2.71. The van der Waals surface area contributed by atoms with Crippen molar-refractivity contribution in [3.63, 3.8) is 0 Å². The van der Waals surface area contributed by atoms with Crippen LogP contribution in [0.1, 0.15) is 19.2 Å². The average molecular weight is 266 g/mol. The van der Waals surface area contributed by atoms with Gasteiger partial charge in [-0.3, -0.25) is 4.90 Å². The molecule has 0 aliphatic rings. The highest BCUT2D eigenvalue weighted by Gasteiger charge is 2.10. The molecule has 2 aromatic rings. The van der Waals surface area contributed by atoms with E-state index in [9.17, 15) is 0 Å². The monoisotopic (exact) mass is 266 g/mol. The van der Waals surface area contributed by atoms with E-state index >= 15 is 0 Å². The number of fused-ring (bicyclic) bond motifs is 1. The highest BCUT2D eigenvalue weighted by molar-refractivity contribution is 7.16. The van der Waals surface area contributed by atoms with Crippen LogP contribution in [0.5, 0.6) is 0 Å². The second kappa shape index (κ2) is 6.08. The zero-order chi connectivity index (χ0) is 13.0. The second-order valence-corrected chi connectivity index (χ2v) is 5.06. The van der Waals surface area contributed by atoms with Gasteiger partial charge in [-0.1, -0.05) is 6.92 Å². The van der Waals surface area contributed by atoms with Crippen LogP contribution in [0.15, 0.2) is 11.4 Å². The van der Waals surface area contributed by atoms with Gasteiger partial charge < -0.3 is 10.8 Å². The predicted octanol–water partition coefficient (Wildman–Crippen LogP) is 1.48. The molecule has 98 valence electrons. The largest absolute Gasteiger partial charge is 0.395 e. The van der Waals surface area contributed by atoms with Gasteiger partial charge in [-0.15, -0.1) is 11.3 Å². The van der Waals surface area contributed by atoms with Crippen molar-refractivity contribution in [2.24, 2.45) is 0 Å². The number of rotatable bonds is 6. The third kappa shape index (κ3) is 2.95. The molecule has 5 nitrogen and oxygen atoms in total. The number of nitrogen functional groups attached to an aromatic ring is 1. The maximum absolute atomic E-state index is 9.03. The van der Waals surface area contributed by atoms with Crippen LogP contribution in [-0.4, -0.2) is 39.7 Å². The predicted molar refractivity (Wildman–Crippen MR) is 74.5 cm³/mol. The molecule has 0 saturated heterocycles. The number of aliphatic hydroxyl groups is 1. The molecule has 0 bridgehead atoms. The summed E-state index contributed by atoms with van der Waals surface area (Å²) in [4.78, 5) is 11.9. The lowest BCUT2D eigenvalue weighted by Crippen LogP contribution is -2.28. The van der Waals surface area contributed by atoms with Crippen LogP contribution < -0.4 is 5.73 Å². The number of aliphatic hydroxyl groups excluding tert-OH is 1. The van der Waals surface area contributed by atoms with E-state index in [4.69, 9.17) is 10.8 Å². The van der Waals surface area contributed by atoms with Crippen LogP contribution in [0, 0.1) is 0 Å². The normalized spacial score (nSPS) is 11.5. The minimum atomic E-state index is 0.150. The Morgan fingerprint density at radius 3 is 2.94 bits per heavy atom. The standard InChI is InChI=1S/C12H18N4OS/c1-2-4-16(5-6-17)8-10-14-11(13)9-3-7-18-12(9)15-10/h3,7,17H,2,4-6,8H2,1H3,(H2,13,14,15). The van der Waals surface area contributed by atoms with Crippen molar-refractivity contribution in [3.05, 3.63) is 17.3 Å². The molecule has 0 radical (unpaired) electrons. The van der Waals surface area contributed by atoms with E-state index in [1.54, 1.807) is 11.3 Å². The van der Waals surface area contributed by atoms with Crippen molar-refractivity contribution in [2.75, 3.05) is 25.4 Å². The second-order valence-electron chi connectivity index (χ2n) is 4.16. The van der Waals surface area contributed by atoms with Gasteiger partial charge in [0.1, 0.15) is 16.5 Å². The summed E-state index contributed by atoms with van der Waals surface area (Å²) in [6, 6.07) is 1.94. The van der Waals surface area contributed by atoms with Crippen molar-refractivity contribution < 1.29 is 5.11 Å². The van der Waals surface area contributed by atoms with Gasteiger partial charge in [0.25, 0.3) is 0 Å². The first-order valence-corrected chi connectivity index (χ1v) is 6.95. The zero-order valence-electron chi connectivity index (χ0n) is 10.5. The Kier molecular flexibility index (Phi) is 4.46. The van der Waals surface area contributed by atoms with E-state index in [2.05, 4.69) is 21.8 Å². The van der Waals surface area contributed by atoms with Crippen molar-refractivity contribution in [1.82, 2.24) is 14.9 Å². The van der Waals surface area contributed by atoms with Gasteiger partial charge in [-0.05, 0) is 24.4 Å². The number of hydrogen-bond donors (Lipinski definition) is 2. The van der Waals surface area contributed by atoms with Crippen molar-refractivity contribution in [1.29, 1.82) is 0 Å². The molecule has 18 heavy (non-hydrogen) atoms. The first-order chi connectivity index (χ1) is 8.74. The summed E-state index contributed by atoms with van der Waals surface area (Å²) in [7, 11) is 0. The topological polar surface area (TPSA) is 75.3 Å². The SMILES string of the molecule is CCCN(CCO)Cc1nc(N)c2ccsc2n1. The summed E-state index contributed by atoms with van der Waals surface area (Å²) in [6.45, 7) is 4.46. The molecule has 2 heterocycles. The zero-order valence-corrected chi connectivity index (χ0v) is 11.3. The molecule has 0 aliphatic heterocycles. The first kappa shape index (κ1) is 13.2. The molecule has 0 amide bonds. The van der Waals surface area contributed by atoms with E-state index in [0.29, 0.717) is 18.9 Å². The van der Waals surface area contributed by atoms with Crippen LogP contribution in [0.3, 0.4) is 0 Å². The molecule has 0 fully saturated rings. The molecular formula is C12H18N4OS. The fraction of sp³-hybridized carbons (Fsp3) is 0.500. The number of thiophene rings is 1.